The van der Waals surface area contributed by atoms with E-state index in [1.807, 2.05) is 18.2 Å². The summed E-state index contributed by atoms with van der Waals surface area (Å²) in [5.41, 5.74) is 3.02. The van der Waals surface area contributed by atoms with Crippen LogP contribution in [-0.4, -0.2) is 30.1 Å². The summed E-state index contributed by atoms with van der Waals surface area (Å²) < 4.78 is 0. The number of hydrogen-bond acceptors (Lipinski definition) is 3. The predicted octanol–water partition coefficient (Wildman–Crippen LogP) is 0.612. The summed E-state index contributed by atoms with van der Waals surface area (Å²) in [5, 5.41) is 14.2. The summed E-state index contributed by atoms with van der Waals surface area (Å²) >= 11 is 0. The van der Waals surface area contributed by atoms with Gasteiger partial charge in [0.25, 0.3) is 0 Å². The Balaban J connectivity index is 1.79. The second kappa shape index (κ2) is 6.33. The Kier molecular flexibility index (Phi) is 4.52. The minimum absolute atomic E-state index is 0.0319. The standard InChI is InChI=1S/C14H18N2O3/c17-7-1-2-13(18)15-6-5-10-3-4-12-11(8-10)9-14(19)16-12/h3-4,8,17H,1-2,5-7,9H2,(H,15,18)(H,16,19). The van der Waals surface area contributed by atoms with Crippen molar-refractivity contribution in [2.45, 2.75) is 25.7 Å². The predicted molar refractivity (Wildman–Crippen MR) is 71.8 cm³/mol. The van der Waals surface area contributed by atoms with Crippen LogP contribution in [0.4, 0.5) is 5.69 Å². The molecule has 0 atom stereocenters. The number of hydrogen-bond donors (Lipinski definition) is 3. The first-order valence-corrected chi connectivity index (χ1v) is 6.48. The van der Waals surface area contributed by atoms with Crippen LogP contribution in [0.3, 0.4) is 0 Å². The molecule has 0 saturated heterocycles. The number of anilines is 1. The zero-order chi connectivity index (χ0) is 13.7. The highest BCUT2D eigenvalue weighted by atomic mass is 16.3. The lowest BCUT2D eigenvalue weighted by atomic mass is 10.1. The van der Waals surface area contributed by atoms with E-state index in [-0.39, 0.29) is 18.4 Å². The molecule has 0 fully saturated rings. The van der Waals surface area contributed by atoms with Crippen molar-refractivity contribution >= 4 is 17.5 Å². The molecule has 0 aliphatic carbocycles. The number of carbonyl (C=O) groups is 2. The van der Waals surface area contributed by atoms with Crippen molar-refractivity contribution in [1.29, 1.82) is 0 Å². The molecule has 0 unspecified atom stereocenters. The van der Waals surface area contributed by atoms with Crippen LogP contribution >= 0.6 is 0 Å². The van der Waals surface area contributed by atoms with Crippen molar-refractivity contribution in [3.8, 4) is 0 Å². The van der Waals surface area contributed by atoms with Gasteiger partial charge in [0.05, 0.1) is 6.42 Å². The van der Waals surface area contributed by atoms with E-state index in [1.54, 1.807) is 0 Å². The van der Waals surface area contributed by atoms with Crippen LogP contribution in [0.1, 0.15) is 24.0 Å². The summed E-state index contributed by atoms with van der Waals surface area (Å²) in [4.78, 5) is 22.6. The fourth-order valence-electron chi connectivity index (χ4n) is 2.11. The zero-order valence-corrected chi connectivity index (χ0v) is 10.7. The molecule has 0 bridgehead atoms. The van der Waals surface area contributed by atoms with Crippen LogP contribution in [0.5, 0.6) is 0 Å². The molecule has 1 heterocycles. The van der Waals surface area contributed by atoms with Gasteiger partial charge in [-0.25, -0.2) is 0 Å². The molecule has 0 spiro atoms. The van der Waals surface area contributed by atoms with Gasteiger partial charge in [0.15, 0.2) is 0 Å². The van der Waals surface area contributed by atoms with Crippen molar-refractivity contribution in [3.63, 3.8) is 0 Å². The molecule has 5 nitrogen and oxygen atoms in total. The van der Waals surface area contributed by atoms with E-state index in [1.165, 1.54) is 0 Å². The number of fused-ring (bicyclic) bond motifs is 1. The lowest BCUT2D eigenvalue weighted by Crippen LogP contribution is -2.25. The van der Waals surface area contributed by atoms with Crippen LogP contribution in [0.15, 0.2) is 18.2 Å². The fourth-order valence-corrected chi connectivity index (χ4v) is 2.11. The van der Waals surface area contributed by atoms with Crippen LogP contribution in [0, 0.1) is 0 Å². The van der Waals surface area contributed by atoms with E-state index in [0.29, 0.717) is 25.8 Å². The molecule has 2 amide bonds. The molecule has 1 aromatic rings. The summed E-state index contributed by atoms with van der Waals surface area (Å²) in [6.07, 6.45) is 2.04. The lowest BCUT2D eigenvalue weighted by molar-refractivity contribution is -0.121. The molecule has 1 aliphatic heterocycles. The maximum absolute atomic E-state index is 11.3. The Morgan fingerprint density at radius 1 is 1.42 bits per heavy atom. The van der Waals surface area contributed by atoms with Gasteiger partial charge < -0.3 is 15.7 Å². The van der Waals surface area contributed by atoms with E-state index < -0.39 is 0 Å². The van der Waals surface area contributed by atoms with E-state index in [0.717, 1.165) is 23.2 Å². The fraction of sp³-hybridized carbons (Fsp3) is 0.429. The number of nitrogens with one attached hydrogen (secondary N) is 2. The van der Waals surface area contributed by atoms with Gasteiger partial charge in [-0.15, -0.1) is 0 Å². The molecule has 3 N–H and O–H groups in total. The normalized spacial score (nSPS) is 13.0. The molecule has 102 valence electrons. The molecule has 5 heteroatoms. The van der Waals surface area contributed by atoms with E-state index in [2.05, 4.69) is 10.6 Å². The van der Waals surface area contributed by atoms with Gasteiger partial charge in [-0.2, -0.15) is 0 Å². The second-order valence-electron chi connectivity index (χ2n) is 4.64. The number of rotatable bonds is 6. The van der Waals surface area contributed by atoms with Crippen molar-refractivity contribution in [2.24, 2.45) is 0 Å². The van der Waals surface area contributed by atoms with Gasteiger partial charge in [-0.1, -0.05) is 12.1 Å². The largest absolute Gasteiger partial charge is 0.396 e. The number of aliphatic hydroxyl groups is 1. The molecule has 0 radical (unpaired) electrons. The van der Waals surface area contributed by atoms with Gasteiger partial charge in [0.2, 0.25) is 11.8 Å². The Hall–Kier alpha value is -1.88. The van der Waals surface area contributed by atoms with E-state index >= 15 is 0 Å². The van der Waals surface area contributed by atoms with Crippen LogP contribution < -0.4 is 10.6 Å². The number of carbonyl (C=O) groups excluding carboxylic acids is 2. The van der Waals surface area contributed by atoms with Gasteiger partial charge >= 0.3 is 0 Å². The first-order valence-electron chi connectivity index (χ1n) is 6.48. The Morgan fingerprint density at radius 2 is 2.26 bits per heavy atom. The second-order valence-corrected chi connectivity index (χ2v) is 4.64. The van der Waals surface area contributed by atoms with Crippen LogP contribution in [-0.2, 0) is 22.4 Å². The maximum atomic E-state index is 11.3. The SMILES string of the molecule is O=C(CCCO)NCCc1ccc2c(c1)CC(=O)N2. The van der Waals surface area contributed by atoms with E-state index in [9.17, 15) is 9.59 Å². The molecule has 0 aromatic heterocycles. The summed E-state index contributed by atoms with van der Waals surface area (Å²) in [5.74, 6) is -0.00323. The van der Waals surface area contributed by atoms with E-state index in [4.69, 9.17) is 5.11 Å². The molecule has 2 rings (SSSR count). The van der Waals surface area contributed by atoms with Gasteiger partial charge in [-0.05, 0) is 30.0 Å². The average Bonchev–Trinajstić information content (AvgIpc) is 2.75. The third kappa shape index (κ3) is 3.79. The molecule has 1 aliphatic rings. The monoisotopic (exact) mass is 262 g/mol. The summed E-state index contributed by atoms with van der Waals surface area (Å²) in [6, 6.07) is 5.88. The van der Waals surface area contributed by atoms with Crippen molar-refractivity contribution in [3.05, 3.63) is 29.3 Å². The first kappa shape index (κ1) is 13.5. The van der Waals surface area contributed by atoms with Crippen LogP contribution in [0.2, 0.25) is 0 Å². The summed E-state index contributed by atoms with van der Waals surface area (Å²) in [6.45, 7) is 0.615. The third-order valence-corrected chi connectivity index (χ3v) is 3.09. The first-order chi connectivity index (χ1) is 9.19. The molecule has 1 aromatic carbocycles. The Labute approximate surface area is 112 Å². The number of benzene rings is 1. The highest BCUT2D eigenvalue weighted by molar-refractivity contribution is 5.99. The minimum Gasteiger partial charge on any atom is -0.396 e. The van der Waals surface area contributed by atoms with Gasteiger partial charge in [0.1, 0.15) is 0 Å². The smallest absolute Gasteiger partial charge is 0.228 e. The molecule has 19 heavy (non-hydrogen) atoms. The summed E-state index contributed by atoms with van der Waals surface area (Å²) in [7, 11) is 0. The lowest BCUT2D eigenvalue weighted by Gasteiger charge is -2.06. The topological polar surface area (TPSA) is 78.4 Å². The molecule has 0 saturated carbocycles. The Bertz CT molecular complexity index is 486. The Morgan fingerprint density at radius 3 is 3.05 bits per heavy atom. The number of amides is 2. The van der Waals surface area contributed by atoms with Crippen molar-refractivity contribution in [1.82, 2.24) is 5.32 Å². The molecular formula is C14H18N2O3. The average molecular weight is 262 g/mol. The van der Waals surface area contributed by atoms with Crippen molar-refractivity contribution in [2.75, 3.05) is 18.5 Å². The number of aliphatic hydroxyl groups excluding tert-OH is 1. The third-order valence-electron chi connectivity index (χ3n) is 3.09. The molecular weight excluding hydrogens is 244 g/mol. The highest BCUT2D eigenvalue weighted by Gasteiger charge is 2.17. The van der Waals surface area contributed by atoms with Crippen LogP contribution in [0.25, 0.3) is 0 Å². The quantitative estimate of drug-likeness (QED) is 0.703. The van der Waals surface area contributed by atoms with Gasteiger partial charge in [0, 0.05) is 25.3 Å². The van der Waals surface area contributed by atoms with Gasteiger partial charge in [-0.3, -0.25) is 9.59 Å². The van der Waals surface area contributed by atoms with Crippen molar-refractivity contribution < 1.29 is 14.7 Å². The minimum atomic E-state index is -0.0351. The zero-order valence-electron chi connectivity index (χ0n) is 10.7. The highest BCUT2D eigenvalue weighted by Crippen LogP contribution is 2.23. The maximum Gasteiger partial charge on any atom is 0.228 e.